The Hall–Kier alpha value is -2.87. The predicted molar refractivity (Wildman–Crippen MR) is 103 cm³/mol. The minimum atomic E-state index is -0.427. The van der Waals surface area contributed by atoms with Crippen LogP contribution in [0.2, 0.25) is 0 Å². The van der Waals surface area contributed by atoms with Gasteiger partial charge < -0.3 is 4.74 Å². The number of pyridine rings is 1. The van der Waals surface area contributed by atoms with Gasteiger partial charge in [-0.15, -0.1) is 0 Å². The Labute approximate surface area is 160 Å². The fourth-order valence-corrected chi connectivity index (χ4v) is 3.62. The number of thioether (sulfide) groups is 1. The standard InChI is InChI=1S/C19H19N3O4S/c1-3-13-9-10-21-16(11-13)17(19(23)26-4-2)18(20-21)27-12-14-5-7-15(8-6-14)22(24)25/h5-11H,3-4,12H2,1-2H3. The lowest BCUT2D eigenvalue weighted by atomic mass is 10.1. The fourth-order valence-electron chi connectivity index (χ4n) is 2.65. The van der Waals surface area contributed by atoms with Crippen LogP contribution in [0.5, 0.6) is 0 Å². The Morgan fingerprint density at radius 1 is 1.22 bits per heavy atom. The normalized spacial score (nSPS) is 10.9. The molecule has 0 saturated carbocycles. The van der Waals surface area contributed by atoms with E-state index < -0.39 is 10.9 Å². The van der Waals surface area contributed by atoms with E-state index in [0.29, 0.717) is 16.3 Å². The number of hydrogen-bond donors (Lipinski definition) is 0. The van der Waals surface area contributed by atoms with Crippen LogP contribution in [0.15, 0.2) is 47.6 Å². The number of fused-ring (bicyclic) bond motifs is 1. The van der Waals surface area contributed by atoms with Crippen molar-refractivity contribution in [1.82, 2.24) is 9.61 Å². The Bertz CT molecular complexity index is 983. The van der Waals surface area contributed by atoms with E-state index in [-0.39, 0.29) is 12.3 Å². The molecule has 2 heterocycles. The number of nitrogens with zero attached hydrogens (tertiary/aromatic N) is 3. The summed E-state index contributed by atoms with van der Waals surface area (Å²) in [5.74, 6) is 0.140. The third kappa shape index (κ3) is 4.11. The number of nitro groups is 1. The summed E-state index contributed by atoms with van der Waals surface area (Å²) in [6, 6.07) is 10.3. The van der Waals surface area contributed by atoms with Crippen LogP contribution in [0, 0.1) is 10.1 Å². The molecule has 27 heavy (non-hydrogen) atoms. The van der Waals surface area contributed by atoms with E-state index in [1.165, 1.54) is 23.9 Å². The maximum Gasteiger partial charge on any atom is 0.343 e. The number of hydrogen-bond acceptors (Lipinski definition) is 6. The number of aromatic nitrogens is 2. The number of rotatable bonds is 7. The first-order valence-electron chi connectivity index (χ1n) is 8.58. The smallest absolute Gasteiger partial charge is 0.343 e. The molecule has 3 rings (SSSR count). The predicted octanol–water partition coefficient (Wildman–Crippen LogP) is 4.27. The second-order valence-electron chi connectivity index (χ2n) is 5.83. The van der Waals surface area contributed by atoms with Gasteiger partial charge in [-0.3, -0.25) is 10.1 Å². The number of nitro benzene ring substituents is 1. The minimum Gasteiger partial charge on any atom is -0.462 e. The largest absolute Gasteiger partial charge is 0.462 e. The molecule has 0 fully saturated rings. The van der Waals surface area contributed by atoms with Gasteiger partial charge in [0.2, 0.25) is 0 Å². The second kappa shape index (κ2) is 8.22. The average molecular weight is 385 g/mol. The Balaban J connectivity index is 1.91. The van der Waals surface area contributed by atoms with Gasteiger partial charge in [0.25, 0.3) is 5.69 Å². The van der Waals surface area contributed by atoms with E-state index >= 15 is 0 Å². The fraction of sp³-hybridized carbons (Fsp3) is 0.263. The van der Waals surface area contributed by atoms with Crippen LogP contribution >= 0.6 is 11.8 Å². The van der Waals surface area contributed by atoms with E-state index in [4.69, 9.17) is 4.74 Å². The van der Waals surface area contributed by atoms with Crippen molar-refractivity contribution < 1.29 is 14.5 Å². The third-order valence-electron chi connectivity index (χ3n) is 4.08. The van der Waals surface area contributed by atoms with Crippen molar-refractivity contribution in [2.75, 3.05) is 6.61 Å². The summed E-state index contributed by atoms with van der Waals surface area (Å²) in [5, 5.41) is 15.9. The monoisotopic (exact) mass is 385 g/mol. The van der Waals surface area contributed by atoms with Crippen LogP contribution in [-0.2, 0) is 16.9 Å². The van der Waals surface area contributed by atoms with Gasteiger partial charge in [0, 0.05) is 24.1 Å². The van der Waals surface area contributed by atoms with Gasteiger partial charge in [0.05, 0.1) is 17.0 Å². The summed E-state index contributed by atoms with van der Waals surface area (Å²) in [6.45, 7) is 4.11. The number of ether oxygens (including phenoxy) is 1. The number of benzene rings is 1. The van der Waals surface area contributed by atoms with Crippen molar-refractivity contribution in [3.63, 3.8) is 0 Å². The SMILES string of the molecule is CCOC(=O)c1c(SCc2ccc([N+](=O)[O-])cc2)nn2ccc(CC)cc12. The molecule has 0 spiro atoms. The average Bonchev–Trinajstić information content (AvgIpc) is 3.04. The molecule has 7 nitrogen and oxygen atoms in total. The molecular weight excluding hydrogens is 366 g/mol. The second-order valence-corrected chi connectivity index (χ2v) is 6.80. The zero-order chi connectivity index (χ0) is 19.4. The lowest BCUT2D eigenvalue weighted by molar-refractivity contribution is -0.384. The molecule has 0 bridgehead atoms. The molecule has 0 radical (unpaired) electrons. The Morgan fingerprint density at radius 2 is 1.96 bits per heavy atom. The van der Waals surface area contributed by atoms with Gasteiger partial charge in [-0.2, -0.15) is 5.10 Å². The summed E-state index contributed by atoms with van der Waals surface area (Å²) in [4.78, 5) is 22.8. The van der Waals surface area contributed by atoms with Crippen molar-refractivity contribution in [3.05, 3.63) is 69.4 Å². The van der Waals surface area contributed by atoms with Crippen molar-refractivity contribution in [2.24, 2.45) is 0 Å². The first kappa shape index (κ1) is 18.9. The Morgan fingerprint density at radius 3 is 2.59 bits per heavy atom. The zero-order valence-electron chi connectivity index (χ0n) is 15.0. The summed E-state index contributed by atoms with van der Waals surface area (Å²) in [6.07, 6.45) is 2.70. The first-order valence-corrected chi connectivity index (χ1v) is 9.56. The highest BCUT2D eigenvalue weighted by molar-refractivity contribution is 7.98. The topological polar surface area (TPSA) is 86.7 Å². The Kier molecular flexibility index (Phi) is 5.75. The molecule has 140 valence electrons. The van der Waals surface area contributed by atoms with E-state index in [1.54, 1.807) is 23.6 Å². The first-order chi connectivity index (χ1) is 13.0. The van der Waals surface area contributed by atoms with Crippen molar-refractivity contribution >= 4 is 28.9 Å². The molecule has 0 atom stereocenters. The number of carbonyl (C=O) groups excluding carboxylic acids is 1. The third-order valence-corrected chi connectivity index (χ3v) is 5.11. The molecule has 0 amide bonds. The van der Waals surface area contributed by atoms with Gasteiger partial charge in [-0.25, -0.2) is 9.31 Å². The molecule has 0 saturated heterocycles. The summed E-state index contributed by atoms with van der Waals surface area (Å²) >= 11 is 1.41. The molecule has 0 aliphatic heterocycles. The quantitative estimate of drug-likeness (QED) is 0.261. The number of aryl methyl sites for hydroxylation is 1. The summed E-state index contributed by atoms with van der Waals surface area (Å²) in [5.41, 5.74) is 3.25. The van der Waals surface area contributed by atoms with Crippen LogP contribution < -0.4 is 0 Å². The molecule has 0 aliphatic carbocycles. The van der Waals surface area contributed by atoms with Crippen LogP contribution in [0.1, 0.15) is 35.3 Å². The summed E-state index contributed by atoms with van der Waals surface area (Å²) in [7, 11) is 0. The van der Waals surface area contributed by atoms with Crippen LogP contribution in [-0.4, -0.2) is 27.1 Å². The molecular formula is C19H19N3O4S. The van der Waals surface area contributed by atoms with Gasteiger partial charge in [0.15, 0.2) is 0 Å². The van der Waals surface area contributed by atoms with Crippen LogP contribution in [0.3, 0.4) is 0 Å². The van der Waals surface area contributed by atoms with E-state index in [0.717, 1.165) is 23.1 Å². The van der Waals surface area contributed by atoms with E-state index in [9.17, 15) is 14.9 Å². The highest BCUT2D eigenvalue weighted by atomic mass is 32.2. The lowest BCUT2D eigenvalue weighted by Gasteiger charge is -2.04. The van der Waals surface area contributed by atoms with Crippen molar-refractivity contribution in [2.45, 2.75) is 31.0 Å². The molecule has 3 aromatic rings. The zero-order valence-corrected chi connectivity index (χ0v) is 15.9. The molecule has 8 heteroatoms. The van der Waals surface area contributed by atoms with E-state index in [1.807, 2.05) is 18.3 Å². The lowest BCUT2D eigenvalue weighted by Crippen LogP contribution is -2.05. The minimum absolute atomic E-state index is 0.0517. The van der Waals surface area contributed by atoms with Gasteiger partial charge >= 0.3 is 5.97 Å². The maximum atomic E-state index is 12.5. The van der Waals surface area contributed by atoms with Crippen LogP contribution in [0.25, 0.3) is 5.52 Å². The van der Waals surface area contributed by atoms with Gasteiger partial charge in [-0.1, -0.05) is 30.8 Å². The van der Waals surface area contributed by atoms with Gasteiger partial charge in [0.1, 0.15) is 10.6 Å². The molecule has 0 unspecified atom stereocenters. The maximum absolute atomic E-state index is 12.5. The number of non-ortho nitro benzene ring substituents is 1. The number of esters is 1. The summed E-state index contributed by atoms with van der Waals surface area (Å²) < 4.78 is 6.91. The van der Waals surface area contributed by atoms with Crippen molar-refractivity contribution in [3.8, 4) is 0 Å². The number of carbonyl (C=O) groups is 1. The highest BCUT2D eigenvalue weighted by Crippen LogP contribution is 2.30. The van der Waals surface area contributed by atoms with Gasteiger partial charge in [-0.05, 0) is 36.6 Å². The molecule has 0 aliphatic rings. The van der Waals surface area contributed by atoms with E-state index in [2.05, 4.69) is 12.0 Å². The molecule has 1 aromatic carbocycles. The van der Waals surface area contributed by atoms with Crippen molar-refractivity contribution in [1.29, 1.82) is 0 Å². The van der Waals surface area contributed by atoms with Crippen LogP contribution in [0.4, 0.5) is 5.69 Å². The molecule has 2 aromatic heterocycles. The molecule has 0 N–H and O–H groups in total. The highest BCUT2D eigenvalue weighted by Gasteiger charge is 2.21.